The molecule has 2 nitrogen and oxygen atoms in total. The van der Waals surface area contributed by atoms with Crippen molar-refractivity contribution in [2.45, 2.75) is 6.42 Å². The molecule has 0 bridgehead atoms. The molecule has 1 heterocycles. The minimum Gasteiger partial charge on any atom is -0.230 e. The Hall–Kier alpha value is -0.490. The summed E-state index contributed by atoms with van der Waals surface area (Å²) in [7, 11) is 0. The lowest BCUT2D eigenvalue weighted by Gasteiger charge is -2.03. The fraction of sp³-hybridized carbons (Fsp3) is 0.0909. The molecule has 15 heavy (non-hydrogen) atoms. The van der Waals surface area contributed by atoms with Crippen LogP contribution in [0.2, 0.25) is 0 Å². The summed E-state index contributed by atoms with van der Waals surface area (Å²) in [6.45, 7) is 0. The minimum absolute atomic E-state index is 0.779. The number of rotatable bonds is 2. The first-order valence-corrected chi connectivity index (χ1v) is 6.34. The molecule has 1 aromatic carbocycles. The number of benzene rings is 1. The van der Waals surface area contributed by atoms with E-state index in [1.54, 1.807) is 6.20 Å². The lowest BCUT2D eigenvalue weighted by Crippen LogP contribution is -1.97. The van der Waals surface area contributed by atoms with Crippen LogP contribution in [0.25, 0.3) is 0 Å². The van der Waals surface area contributed by atoms with E-state index in [1.807, 2.05) is 18.2 Å². The summed E-state index contributed by atoms with van der Waals surface area (Å²) in [6.07, 6.45) is 2.63. The Bertz CT molecular complexity index is 459. The van der Waals surface area contributed by atoms with Gasteiger partial charge < -0.3 is 0 Å². The van der Waals surface area contributed by atoms with Crippen LogP contribution < -0.4 is 0 Å². The van der Waals surface area contributed by atoms with Gasteiger partial charge in [0.1, 0.15) is 0 Å². The Balaban J connectivity index is 2.28. The average Bonchev–Trinajstić information content (AvgIpc) is 2.25. The molecule has 0 saturated carbocycles. The highest BCUT2D eigenvalue weighted by atomic mass is 127. The van der Waals surface area contributed by atoms with Gasteiger partial charge in [0.15, 0.2) is 3.83 Å². The molecule has 2 rings (SSSR count). The molecule has 4 heteroatoms. The Kier molecular flexibility index (Phi) is 3.69. The van der Waals surface area contributed by atoms with Gasteiger partial charge in [-0.3, -0.25) is 0 Å². The molecule has 0 aliphatic carbocycles. The van der Waals surface area contributed by atoms with Gasteiger partial charge in [-0.25, -0.2) is 9.97 Å². The number of halogens is 2. The zero-order valence-electron chi connectivity index (χ0n) is 7.82. The first-order chi connectivity index (χ1) is 7.25. The van der Waals surface area contributed by atoms with Crippen LogP contribution in [-0.2, 0) is 6.42 Å². The number of hydrogen-bond acceptors (Lipinski definition) is 2. The maximum absolute atomic E-state index is 4.40. The Labute approximate surface area is 110 Å². The maximum Gasteiger partial charge on any atom is 0.190 e. The van der Waals surface area contributed by atoms with E-state index in [0.29, 0.717) is 0 Å². The zero-order valence-corrected chi connectivity index (χ0v) is 11.6. The Morgan fingerprint density at radius 2 is 1.93 bits per heavy atom. The third kappa shape index (κ3) is 2.98. The quantitative estimate of drug-likeness (QED) is 0.594. The van der Waals surface area contributed by atoms with Crippen molar-refractivity contribution in [1.82, 2.24) is 9.97 Å². The van der Waals surface area contributed by atoms with Crippen LogP contribution >= 0.6 is 38.5 Å². The highest BCUT2D eigenvalue weighted by Crippen LogP contribution is 2.17. The molecule has 0 amide bonds. The highest BCUT2D eigenvalue weighted by molar-refractivity contribution is 14.1. The van der Waals surface area contributed by atoms with Crippen LogP contribution in [0.5, 0.6) is 0 Å². The molecule has 76 valence electrons. The van der Waals surface area contributed by atoms with E-state index in [0.717, 1.165) is 20.4 Å². The lowest BCUT2D eigenvalue weighted by atomic mass is 10.1. The number of hydrogen-bond donors (Lipinski definition) is 0. The predicted octanol–water partition coefficient (Wildman–Crippen LogP) is 3.43. The van der Waals surface area contributed by atoms with E-state index in [-0.39, 0.29) is 0 Å². The van der Waals surface area contributed by atoms with Crippen LogP contribution in [-0.4, -0.2) is 9.97 Å². The summed E-state index contributed by atoms with van der Waals surface area (Å²) in [5, 5.41) is 0. The molecular formula is C11H8BrIN2. The van der Waals surface area contributed by atoms with Crippen molar-refractivity contribution in [3.8, 4) is 0 Å². The average molecular weight is 375 g/mol. The minimum atomic E-state index is 0.779. The van der Waals surface area contributed by atoms with Gasteiger partial charge in [-0.15, -0.1) is 0 Å². The van der Waals surface area contributed by atoms with E-state index in [9.17, 15) is 0 Å². The summed E-state index contributed by atoms with van der Waals surface area (Å²) in [5.74, 6) is 0. The summed E-state index contributed by atoms with van der Waals surface area (Å²) in [6, 6.07) is 10.3. The van der Waals surface area contributed by atoms with Crippen molar-refractivity contribution in [3.05, 3.63) is 56.1 Å². The molecule has 0 N–H and O–H groups in total. The van der Waals surface area contributed by atoms with E-state index in [4.69, 9.17) is 0 Å². The van der Waals surface area contributed by atoms with Crippen molar-refractivity contribution in [2.24, 2.45) is 0 Å². The van der Waals surface area contributed by atoms with E-state index in [2.05, 4.69) is 60.6 Å². The number of aromatic nitrogens is 2. The van der Waals surface area contributed by atoms with Crippen molar-refractivity contribution in [3.63, 3.8) is 0 Å². The third-order valence-corrected chi connectivity index (χ3v) is 3.18. The molecular weight excluding hydrogens is 367 g/mol. The van der Waals surface area contributed by atoms with Crippen molar-refractivity contribution in [2.75, 3.05) is 0 Å². The second-order valence-electron chi connectivity index (χ2n) is 3.10. The number of nitrogens with zero attached hydrogens (tertiary/aromatic N) is 2. The summed E-state index contributed by atoms with van der Waals surface area (Å²) in [4.78, 5) is 8.51. The fourth-order valence-electron chi connectivity index (χ4n) is 1.29. The van der Waals surface area contributed by atoms with Gasteiger partial charge in [0.25, 0.3) is 0 Å². The topological polar surface area (TPSA) is 25.8 Å². The predicted molar refractivity (Wildman–Crippen MR) is 71.7 cm³/mol. The van der Waals surface area contributed by atoms with Crippen LogP contribution in [0.15, 0.2) is 41.0 Å². The highest BCUT2D eigenvalue weighted by Gasteiger charge is 2.04. The second kappa shape index (κ2) is 5.03. The van der Waals surface area contributed by atoms with Crippen molar-refractivity contribution in [1.29, 1.82) is 0 Å². The normalized spacial score (nSPS) is 10.3. The van der Waals surface area contributed by atoms with Crippen molar-refractivity contribution < 1.29 is 0 Å². The SMILES string of the molecule is Brc1cnc(I)nc1Cc1ccccc1. The largest absolute Gasteiger partial charge is 0.230 e. The van der Waals surface area contributed by atoms with Gasteiger partial charge in [-0.2, -0.15) is 0 Å². The molecule has 0 saturated heterocycles. The maximum atomic E-state index is 4.40. The van der Waals surface area contributed by atoms with Gasteiger partial charge >= 0.3 is 0 Å². The summed E-state index contributed by atoms with van der Waals surface area (Å²) >= 11 is 5.58. The first-order valence-electron chi connectivity index (χ1n) is 4.46. The fourth-order valence-corrected chi connectivity index (χ4v) is 2.05. The van der Waals surface area contributed by atoms with Crippen molar-refractivity contribution >= 4 is 38.5 Å². The van der Waals surface area contributed by atoms with E-state index < -0.39 is 0 Å². The monoisotopic (exact) mass is 374 g/mol. The van der Waals surface area contributed by atoms with E-state index in [1.165, 1.54) is 5.56 Å². The summed E-state index contributed by atoms with van der Waals surface area (Å²) < 4.78 is 1.74. The first kappa shape index (κ1) is 11.0. The third-order valence-electron chi connectivity index (χ3n) is 2.00. The van der Waals surface area contributed by atoms with Gasteiger partial charge in [-0.05, 0) is 21.5 Å². The molecule has 0 atom stereocenters. The molecule has 2 aromatic rings. The standard InChI is InChI=1S/C11H8BrIN2/c12-9-7-14-11(13)15-10(9)6-8-4-2-1-3-5-8/h1-5,7H,6H2. The van der Waals surface area contributed by atoms with Crippen LogP contribution in [0.4, 0.5) is 0 Å². The smallest absolute Gasteiger partial charge is 0.190 e. The van der Waals surface area contributed by atoms with Crippen LogP contribution in [0, 0.1) is 3.83 Å². The molecule has 0 unspecified atom stereocenters. The van der Waals surface area contributed by atoms with Crippen LogP contribution in [0.3, 0.4) is 0 Å². The summed E-state index contributed by atoms with van der Waals surface area (Å²) in [5.41, 5.74) is 2.29. The molecule has 0 aliphatic rings. The van der Waals surface area contributed by atoms with Gasteiger partial charge in [-0.1, -0.05) is 30.3 Å². The molecule has 0 radical (unpaired) electrons. The van der Waals surface area contributed by atoms with Crippen LogP contribution in [0.1, 0.15) is 11.3 Å². The molecule has 0 spiro atoms. The molecule has 1 aromatic heterocycles. The molecule has 0 aliphatic heterocycles. The van der Waals surface area contributed by atoms with Gasteiger partial charge in [0.05, 0.1) is 10.2 Å². The lowest BCUT2D eigenvalue weighted by molar-refractivity contribution is 0.979. The molecule has 0 fully saturated rings. The second-order valence-corrected chi connectivity index (χ2v) is 4.92. The van der Waals surface area contributed by atoms with Gasteiger partial charge in [0, 0.05) is 35.2 Å². The van der Waals surface area contributed by atoms with Gasteiger partial charge in [0.2, 0.25) is 0 Å². The Morgan fingerprint density at radius 1 is 1.20 bits per heavy atom. The zero-order chi connectivity index (χ0) is 10.7. The Morgan fingerprint density at radius 3 is 2.67 bits per heavy atom. The van der Waals surface area contributed by atoms with E-state index >= 15 is 0 Å².